The van der Waals surface area contributed by atoms with Gasteiger partial charge in [0, 0.05) is 12.2 Å². The molecular weight excluding hydrogens is 274 g/mol. The molecule has 0 radical (unpaired) electrons. The fraction of sp³-hybridized carbons (Fsp3) is 0.316. The van der Waals surface area contributed by atoms with Crippen molar-refractivity contribution in [3.05, 3.63) is 65.2 Å². The van der Waals surface area contributed by atoms with Gasteiger partial charge in [-0.3, -0.25) is 0 Å². The number of likely N-dealkylation sites (N-methyl/N-ethyl adjacent to an activating group) is 1. The molecule has 1 unspecified atom stereocenters. The number of carboxylic acid groups (broad SMARTS) is 1. The molecule has 3 nitrogen and oxygen atoms in total. The summed E-state index contributed by atoms with van der Waals surface area (Å²) in [6.07, 6.45) is 0.952. The van der Waals surface area contributed by atoms with E-state index in [0.717, 1.165) is 23.2 Å². The van der Waals surface area contributed by atoms with Crippen molar-refractivity contribution in [1.29, 1.82) is 0 Å². The van der Waals surface area contributed by atoms with Crippen molar-refractivity contribution in [3.63, 3.8) is 0 Å². The third kappa shape index (κ3) is 3.48. The van der Waals surface area contributed by atoms with Crippen LogP contribution in [0.2, 0.25) is 0 Å². The Kier molecular flexibility index (Phi) is 5.21. The van der Waals surface area contributed by atoms with E-state index in [1.165, 1.54) is 5.56 Å². The first kappa shape index (κ1) is 16.1. The van der Waals surface area contributed by atoms with E-state index in [1.807, 2.05) is 67.3 Å². The Morgan fingerprint density at radius 1 is 1.14 bits per heavy atom. The molecule has 0 saturated heterocycles. The zero-order valence-corrected chi connectivity index (χ0v) is 13.4. The molecule has 2 aromatic carbocycles. The van der Waals surface area contributed by atoms with Crippen LogP contribution in [0.1, 0.15) is 36.6 Å². The van der Waals surface area contributed by atoms with E-state index in [9.17, 15) is 9.90 Å². The molecule has 0 aliphatic rings. The summed E-state index contributed by atoms with van der Waals surface area (Å²) in [6, 6.07) is 15.2. The zero-order chi connectivity index (χ0) is 16.1. The molecule has 0 bridgehead atoms. The molecule has 2 aromatic rings. The smallest absolute Gasteiger partial charge is 0.331 e. The maximum Gasteiger partial charge on any atom is 0.331 e. The molecule has 3 heteroatoms. The van der Waals surface area contributed by atoms with Gasteiger partial charge in [0.1, 0.15) is 0 Å². The highest BCUT2D eigenvalue weighted by molar-refractivity contribution is 5.80. The lowest BCUT2D eigenvalue weighted by Gasteiger charge is -2.30. The Labute approximate surface area is 132 Å². The molecule has 0 aliphatic heterocycles. The third-order valence-electron chi connectivity index (χ3n) is 3.92. The molecule has 0 fully saturated rings. The van der Waals surface area contributed by atoms with E-state index >= 15 is 0 Å². The van der Waals surface area contributed by atoms with Gasteiger partial charge in [0.05, 0.1) is 0 Å². The summed E-state index contributed by atoms with van der Waals surface area (Å²) in [5.41, 5.74) is 4.09. The summed E-state index contributed by atoms with van der Waals surface area (Å²) in [7, 11) is 0. The van der Waals surface area contributed by atoms with Crippen LogP contribution >= 0.6 is 0 Å². The molecule has 1 N–H and O–H groups in total. The van der Waals surface area contributed by atoms with Gasteiger partial charge in [0.2, 0.25) is 0 Å². The molecule has 0 spiro atoms. The van der Waals surface area contributed by atoms with Crippen LogP contribution in [0.15, 0.2) is 48.5 Å². The quantitative estimate of drug-likeness (QED) is 0.868. The summed E-state index contributed by atoms with van der Waals surface area (Å²) in [4.78, 5) is 13.8. The molecule has 0 amide bonds. The van der Waals surface area contributed by atoms with Crippen LogP contribution in [0.25, 0.3) is 0 Å². The number of benzene rings is 2. The second-order valence-electron chi connectivity index (χ2n) is 5.46. The minimum Gasteiger partial charge on any atom is -0.479 e. The van der Waals surface area contributed by atoms with E-state index in [1.54, 1.807) is 0 Å². The van der Waals surface area contributed by atoms with Crippen LogP contribution in [-0.2, 0) is 11.2 Å². The standard InChI is InChI=1S/C19H23NO2/c1-4-15-9-11-16(12-10-15)18(19(21)22)20(5-2)17-8-6-7-14(3)13-17/h6-13,18H,4-5H2,1-3H3,(H,21,22). The summed E-state index contributed by atoms with van der Waals surface area (Å²) in [5.74, 6) is -0.826. The predicted octanol–water partition coefficient (Wildman–Crippen LogP) is 4.21. The maximum atomic E-state index is 11.9. The lowest BCUT2D eigenvalue weighted by atomic mass is 10.0. The normalized spacial score (nSPS) is 12.0. The van der Waals surface area contributed by atoms with Gasteiger partial charge >= 0.3 is 5.97 Å². The predicted molar refractivity (Wildman–Crippen MR) is 90.4 cm³/mol. The van der Waals surface area contributed by atoms with Crippen molar-refractivity contribution in [2.45, 2.75) is 33.2 Å². The third-order valence-corrected chi connectivity index (χ3v) is 3.92. The van der Waals surface area contributed by atoms with Crippen molar-refractivity contribution in [3.8, 4) is 0 Å². The van der Waals surface area contributed by atoms with Gasteiger partial charge in [0.15, 0.2) is 6.04 Å². The zero-order valence-electron chi connectivity index (χ0n) is 13.4. The second kappa shape index (κ2) is 7.12. The first-order chi connectivity index (χ1) is 10.6. The highest BCUT2D eigenvalue weighted by Gasteiger charge is 2.26. The minimum absolute atomic E-state index is 0.635. The van der Waals surface area contributed by atoms with Crippen LogP contribution in [0.5, 0.6) is 0 Å². The summed E-state index contributed by atoms with van der Waals surface area (Å²) in [6.45, 7) is 6.73. The maximum absolute atomic E-state index is 11.9. The van der Waals surface area contributed by atoms with E-state index in [-0.39, 0.29) is 0 Å². The highest BCUT2D eigenvalue weighted by Crippen LogP contribution is 2.28. The number of nitrogens with zero attached hydrogens (tertiary/aromatic N) is 1. The van der Waals surface area contributed by atoms with Crippen molar-refractivity contribution in [2.24, 2.45) is 0 Å². The van der Waals surface area contributed by atoms with Crippen molar-refractivity contribution in [2.75, 3.05) is 11.4 Å². The largest absolute Gasteiger partial charge is 0.479 e. The fourth-order valence-corrected chi connectivity index (χ4v) is 2.71. The molecule has 0 heterocycles. The van der Waals surface area contributed by atoms with Crippen molar-refractivity contribution in [1.82, 2.24) is 0 Å². The van der Waals surface area contributed by atoms with Crippen LogP contribution < -0.4 is 4.90 Å². The minimum atomic E-state index is -0.826. The number of aryl methyl sites for hydroxylation is 2. The van der Waals surface area contributed by atoms with Gasteiger partial charge in [-0.1, -0.05) is 43.3 Å². The number of anilines is 1. The summed E-state index contributed by atoms with van der Waals surface area (Å²) >= 11 is 0. The monoisotopic (exact) mass is 297 g/mol. The van der Waals surface area contributed by atoms with E-state index < -0.39 is 12.0 Å². The van der Waals surface area contributed by atoms with Gasteiger partial charge in [-0.2, -0.15) is 0 Å². The average Bonchev–Trinajstić information content (AvgIpc) is 2.52. The molecule has 0 aliphatic carbocycles. The van der Waals surface area contributed by atoms with Crippen LogP contribution in [0.3, 0.4) is 0 Å². The molecule has 1 atom stereocenters. The van der Waals surface area contributed by atoms with Gasteiger partial charge in [-0.15, -0.1) is 0 Å². The Morgan fingerprint density at radius 2 is 1.82 bits per heavy atom. The van der Waals surface area contributed by atoms with Crippen LogP contribution in [-0.4, -0.2) is 17.6 Å². The highest BCUT2D eigenvalue weighted by atomic mass is 16.4. The number of carboxylic acids is 1. The fourth-order valence-electron chi connectivity index (χ4n) is 2.71. The van der Waals surface area contributed by atoms with Gasteiger partial charge in [0.25, 0.3) is 0 Å². The molecule has 116 valence electrons. The SMILES string of the molecule is CCc1ccc(C(C(=O)O)N(CC)c2cccc(C)c2)cc1. The van der Waals surface area contributed by atoms with Gasteiger partial charge in [-0.25, -0.2) is 4.79 Å². The van der Waals surface area contributed by atoms with E-state index in [2.05, 4.69) is 6.92 Å². The molecule has 2 rings (SSSR count). The molecule has 0 aromatic heterocycles. The van der Waals surface area contributed by atoms with Crippen LogP contribution in [0, 0.1) is 6.92 Å². The number of aliphatic carboxylic acids is 1. The van der Waals surface area contributed by atoms with E-state index in [4.69, 9.17) is 0 Å². The van der Waals surface area contributed by atoms with Crippen molar-refractivity contribution >= 4 is 11.7 Å². The number of carbonyl (C=O) groups is 1. The number of rotatable bonds is 6. The topological polar surface area (TPSA) is 40.5 Å². The summed E-state index contributed by atoms with van der Waals surface area (Å²) in [5, 5.41) is 9.74. The second-order valence-corrected chi connectivity index (χ2v) is 5.46. The Morgan fingerprint density at radius 3 is 2.32 bits per heavy atom. The Hall–Kier alpha value is -2.29. The molecular formula is C19H23NO2. The first-order valence-electron chi connectivity index (χ1n) is 7.71. The Bertz CT molecular complexity index is 634. The lowest BCUT2D eigenvalue weighted by Crippen LogP contribution is -2.34. The van der Waals surface area contributed by atoms with Crippen molar-refractivity contribution < 1.29 is 9.90 Å². The van der Waals surface area contributed by atoms with Gasteiger partial charge in [-0.05, 0) is 49.1 Å². The number of hydrogen-bond acceptors (Lipinski definition) is 2. The Balaban J connectivity index is 2.41. The molecule has 0 saturated carbocycles. The lowest BCUT2D eigenvalue weighted by molar-refractivity contribution is -0.138. The molecule has 22 heavy (non-hydrogen) atoms. The summed E-state index contributed by atoms with van der Waals surface area (Å²) < 4.78 is 0. The first-order valence-corrected chi connectivity index (χ1v) is 7.71. The van der Waals surface area contributed by atoms with Gasteiger partial charge < -0.3 is 10.0 Å². The van der Waals surface area contributed by atoms with E-state index in [0.29, 0.717) is 6.54 Å². The average molecular weight is 297 g/mol. The number of hydrogen-bond donors (Lipinski definition) is 1. The van der Waals surface area contributed by atoms with Crippen LogP contribution in [0.4, 0.5) is 5.69 Å².